The Morgan fingerprint density at radius 3 is 2.38 bits per heavy atom. The molecule has 1 aliphatic rings. The molecule has 1 saturated heterocycles. The molecule has 0 saturated carbocycles. The molecule has 4 nitrogen and oxygen atoms in total. The molecule has 126 valence electrons. The van der Waals surface area contributed by atoms with E-state index >= 15 is 0 Å². The van der Waals surface area contributed by atoms with Crippen LogP contribution in [0.25, 0.3) is 0 Å². The predicted octanol–water partition coefficient (Wildman–Crippen LogP) is 4.76. The molecule has 0 aliphatic carbocycles. The monoisotopic (exact) mass is 362 g/mol. The smallest absolute Gasteiger partial charge is 0.129 e. The number of rotatable bonds is 4. The second-order valence-electron chi connectivity index (χ2n) is 6.08. The number of likely N-dealkylation sites (tertiary alicyclic amines) is 1. The van der Waals surface area contributed by atoms with Gasteiger partial charge in [0.05, 0.1) is 12.4 Å². The molecular weight excluding hydrogens is 343 g/mol. The van der Waals surface area contributed by atoms with Gasteiger partial charge in [-0.2, -0.15) is 0 Å². The summed E-state index contributed by atoms with van der Waals surface area (Å²) < 4.78 is 0. The van der Waals surface area contributed by atoms with Crippen LogP contribution < -0.4 is 0 Å². The van der Waals surface area contributed by atoms with Crippen molar-refractivity contribution >= 4 is 29.0 Å². The van der Waals surface area contributed by atoms with Crippen LogP contribution in [0.15, 0.2) is 41.7 Å². The first kappa shape index (κ1) is 17.2. The van der Waals surface area contributed by atoms with Gasteiger partial charge in [-0.1, -0.05) is 35.3 Å². The number of amidine groups is 1. The molecular formula is C18H20Cl2N4. The maximum Gasteiger partial charge on any atom is 0.129 e. The summed E-state index contributed by atoms with van der Waals surface area (Å²) in [7, 11) is 0. The van der Waals surface area contributed by atoms with Crippen LogP contribution in [0.5, 0.6) is 0 Å². The van der Waals surface area contributed by atoms with Gasteiger partial charge in [-0.05, 0) is 43.0 Å². The molecule has 6 heteroatoms. The summed E-state index contributed by atoms with van der Waals surface area (Å²) >= 11 is 11.7. The van der Waals surface area contributed by atoms with Crippen molar-refractivity contribution in [2.24, 2.45) is 4.99 Å². The summed E-state index contributed by atoms with van der Waals surface area (Å²) in [6.45, 7) is 3.69. The minimum absolute atomic E-state index is 0.469. The molecule has 1 unspecified atom stereocenters. The van der Waals surface area contributed by atoms with Crippen LogP contribution in [-0.2, 0) is 13.1 Å². The standard InChI is InChI=1S/C18H20Cl2N4/c1-13-3-2-4-18(23-10-14-5-7-16(19)21-9-14)24(13)12-15-6-8-17(20)22-11-15/h5-9,11,13H,2-4,10,12H2,1H3/b23-18+. The SMILES string of the molecule is CC1CCC/C(=N\Cc2ccc(Cl)nc2)N1Cc1ccc(Cl)nc1. The molecule has 0 aromatic carbocycles. The Bertz CT molecular complexity index is 698. The van der Waals surface area contributed by atoms with E-state index in [4.69, 9.17) is 28.2 Å². The first-order valence-corrected chi connectivity index (χ1v) is 8.88. The van der Waals surface area contributed by atoms with E-state index in [-0.39, 0.29) is 0 Å². The fourth-order valence-electron chi connectivity index (χ4n) is 2.91. The van der Waals surface area contributed by atoms with Gasteiger partial charge in [0.2, 0.25) is 0 Å². The van der Waals surface area contributed by atoms with Gasteiger partial charge in [-0.3, -0.25) is 4.99 Å². The van der Waals surface area contributed by atoms with E-state index in [2.05, 4.69) is 21.8 Å². The van der Waals surface area contributed by atoms with Crippen LogP contribution in [0.4, 0.5) is 0 Å². The van der Waals surface area contributed by atoms with Crippen LogP contribution >= 0.6 is 23.2 Å². The van der Waals surface area contributed by atoms with Crippen molar-refractivity contribution in [2.75, 3.05) is 0 Å². The van der Waals surface area contributed by atoms with Gasteiger partial charge < -0.3 is 4.90 Å². The van der Waals surface area contributed by atoms with Crippen LogP contribution in [0.2, 0.25) is 10.3 Å². The molecule has 1 fully saturated rings. The maximum absolute atomic E-state index is 5.88. The van der Waals surface area contributed by atoms with Gasteiger partial charge in [-0.15, -0.1) is 0 Å². The van der Waals surface area contributed by atoms with Crippen molar-refractivity contribution in [1.29, 1.82) is 0 Å². The first-order chi connectivity index (χ1) is 11.6. The lowest BCUT2D eigenvalue weighted by Crippen LogP contribution is -2.41. The molecule has 0 radical (unpaired) electrons. The van der Waals surface area contributed by atoms with Gasteiger partial charge in [-0.25, -0.2) is 9.97 Å². The number of nitrogens with zero attached hydrogens (tertiary/aromatic N) is 4. The molecule has 3 heterocycles. The average Bonchev–Trinajstić information content (AvgIpc) is 2.59. The normalized spacial score (nSPS) is 19.7. The Labute approximate surface area is 152 Å². The molecule has 0 bridgehead atoms. The highest BCUT2D eigenvalue weighted by Crippen LogP contribution is 2.22. The number of halogens is 2. The van der Waals surface area contributed by atoms with Crippen molar-refractivity contribution in [1.82, 2.24) is 14.9 Å². The Morgan fingerprint density at radius 2 is 1.75 bits per heavy atom. The quantitative estimate of drug-likeness (QED) is 0.736. The third-order valence-electron chi connectivity index (χ3n) is 4.26. The Morgan fingerprint density at radius 1 is 1.08 bits per heavy atom. The largest absolute Gasteiger partial charge is 0.353 e. The number of hydrogen-bond acceptors (Lipinski definition) is 3. The summed E-state index contributed by atoms with van der Waals surface area (Å²) in [6.07, 6.45) is 6.99. The van der Waals surface area contributed by atoms with E-state index in [0.717, 1.165) is 29.9 Å². The lowest BCUT2D eigenvalue weighted by molar-refractivity contribution is 0.272. The van der Waals surface area contributed by atoms with Gasteiger partial charge in [0.15, 0.2) is 0 Å². The van der Waals surface area contributed by atoms with E-state index in [1.54, 1.807) is 12.3 Å². The van der Waals surface area contributed by atoms with E-state index in [1.807, 2.05) is 24.4 Å². The summed E-state index contributed by atoms with van der Waals surface area (Å²) in [6, 6.07) is 8.10. The molecule has 24 heavy (non-hydrogen) atoms. The average molecular weight is 363 g/mol. The number of aliphatic imine (C=N–C) groups is 1. The van der Waals surface area contributed by atoms with Gasteiger partial charge >= 0.3 is 0 Å². The Kier molecular flexibility index (Phi) is 5.69. The second-order valence-corrected chi connectivity index (χ2v) is 6.85. The summed E-state index contributed by atoms with van der Waals surface area (Å²) in [5, 5.41) is 1.03. The van der Waals surface area contributed by atoms with Crippen LogP contribution in [0, 0.1) is 0 Å². The lowest BCUT2D eigenvalue weighted by Gasteiger charge is -2.36. The van der Waals surface area contributed by atoms with Crippen LogP contribution in [0.3, 0.4) is 0 Å². The zero-order chi connectivity index (χ0) is 16.9. The molecule has 1 atom stereocenters. The fraction of sp³-hybridized carbons (Fsp3) is 0.389. The summed E-state index contributed by atoms with van der Waals surface area (Å²) in [5.74, 6) is 1.15. The number of hydrogen-bond donors (Lipinski definition) is 0. The third-order valence-corrected chi connectivity index (χ3v) is 4.71. The second kappa shape index (κ2) is 7.95. The molecule has 3 rings (SSSR count). The van der Waals surface area contributed by atoms with Crippen molar-refractivity contribution < 1.29 is 0 Å². The molecule has 2 aromatic heterocycles. The molecule has 0 amide bonds. The fourth-order valence-corrected chi connectivity index (χ4v) is 3.13. The minimum atomic E-state index is 0.469. The highest BCUT2D eigenvalue weighted by molar-refractivity contribution is 6.29. The Balaban J connectivity index is 1.74. The topological polar surface area (TPSA) is 41.4 Å². The van der Waals surface area contributed by atoms with Crippen molar-refractivity contribution in [2.45, 2.75) is 45.3 Å². The number of pyridine rings is 2. The molecule has 0 spiro atoms. The summed E-state index contributed by atoms with van der Waals surface area (Å²) in [4.78, 5) is 15.5. The maximum atomic E-state index is 5.88. The van der Waals surface area contributed by atoms with Gasteiger partial charge in [0, 0.05) is 31.4 Å². The van der Waals surface area contributed by atoms with Gasteiger partial charge in [0.25, 0.3) is 0 Å². The van der Waals surface area contributed by atoms with E-state index in [9.17, 15) is 0 Å². The highest BCUT2D eigenvalue weighted by atomic mass is 35.5. The van der Waals surface area contributed by atoms with Crippen LogP contribution in [0.1, 0.15) is 37.3 Å². The zero-order valence-corrected chi connectivity index (χ0v) is 15.1. The third kappa shape index (κ3) is 4.46. The number of aromatic nitrogens is 2. The summed E-state index contributed by atoms with van der Waals surface area (Å²) in [5.41, 5.74) is 2.22. The predicted molar refractivity (Wildman–Crippen MR) is 98.5 cm³/mol. The first-order valence-electron chi connectivity index (χ1n) is 8.12. The molecule has 1 aliphatic heterocycles. The van der Waals surface area contributed by atoms with Crippen molar-refractivity contribution in [3.63, 3.8) is 0 Å². The van der Waals surface area contributed by atoms with Crippen LogP contribution in [-0.4, -0.2) is 26.7 Å². The Hall–Kier alpha value is -1.65. The van der Waals surface area contributed by atoms with E-state index in [1.165, 1.54) is 12.8 Å². The van der Waals surface area contributed by atoms with Crippen molar-refractivity contribution in [3.05, 3.63) is 58.1 Å². The molecule has 0 N–H and O–H groups in total. The van der Waals surface area contributed by atoms with Gasteiger partial charge in [0.1, 0.15) is 10.3 Å². The highest BCUT2D eigenvalue weighted by Gasteiger charge is 2.23. The zero-order valence-electron chi connectivity index (χ0n) is 13.6. The van der Waals surface area contributed by atoms with E-state index < -0.39 is 0 Å². The lowest BCUT2D eigenvalue weighted by atomic mass is 10.0. The molecule has 2 aromatic rings. The minimum Gasteiger partial charge on any atom is -0.353 e. The van der Waals surface area contributed by atoms with Crippen molar-refractivity contribution in [3.8, 4) is 0 Å². The number of piperidine rings is 1. The van der Waals surface area contributed by atoms with E-state index in [0.29, 0.717) is 22.9 Å².